The molecule has 0 saturated heterocycles. The smallest absolute Gasteiger partial charge is 0.0555 e. The van der Waals surface area contributed by atoms with Gasteiger partial charge in [0.2, 0.25) is 0 Å². The summed E-state index contributed by atoms with van der Waals surface area (Å²) in [7, 11) is 0. The molecule has 0 aliphatic carbocycles. The summed E-state index contributed by atoms with van der Waals surface area (Å²) in [5.74, 6) is 0. The molecule has 0 aliphatic heterocycles. The molecule has 3 heterocycles. The average Bonchev–Trinajstić information content (AvgIpc) is 3.84. The van der Waals surface area contributed by atoms with Crippen molar-refractivity contribution in [2.24, 2.45) is 0 Å². The van der Waals surface area contributed by atoms with Crippen LogP contribution in [-0.4, -0.2) is 9.13 Å². The second-order valence-electron chi connectivity index (χ2n) is 13.4. The van der Waals surface area contributed by atoms with Crippen LogP contribution < -0.4 is 0 Å². The maximum Gasteiger partial charge on any atom is 0.0555 e. The first-order valence-electron chi connectivity index (χ1n) is 17.4. The summed E-state index contributed by atoms with van der Waals surface area (Å²) in [6.07, 6.45) is 0. The van der Waals surface area contributed by atoms with Gasteiger partial charge in [-0.3, -0.25) is 0 Å². The first-order valence-corrected chi connectivity index (χ1v) is 18.2. The Hall–Kier alpha value is -6.42. The molecule has 0 bridgehead atoms. The van der Waals surface area contributed by atoms with Gasteiger partial charge in [0.25, 0.3) is 0 Å². The summed E-state index contributed by atoms with van der Waals surface area (Å²) in [5.41, 5.74) is 12.1. The van der Waals surface area contributed by atoms with Crippen LogP contribution >= 0.6 is 11.3 Å². The van der Waals surface area contributed by atoms with Gasteiger partial charge in [-0.05, 0) is 95.1 Å². The molecule has 11 aromatic rings. The van der Waals surface area contributed by atoms with E-state index in [4.69, 9.17) is 0 Å². The molecule has 0 spiro atoms. The minimum atomic E-state index is 1.16. The highest BCUT2D eigenvalue weighted by Gasteiger charge is 2.19. The Morgan fingerprint density at radius 2 is 0.784 bits per heavy atom. The maximum atomic E-state index is 2.48. The van der Waals surface area contributed by atoms with Crippen LogP contribution in [0.25, 0.3) is 97.4 Å². The van der Waals surface area contributed by atoms with Gasteiger partial charge >= 0.3 is 0 Å². The van der Waals surface area contributed by atoms with Gasteiger partial charge in [0, 0.05) is 53.1 Å². The van der Waals surface area contributed by atoms with Gasteiger partial charge in [0.1, 0.15) is 0 Å². The van der Waals surface area contributed by atoms with Crippen LogP contribution in [0.5, 0.6) is 0 Å². The molecule has 0 unspecified atom stereocenters. The molecule has 0 amide bonds. The fourth-order valence-corrected chi connectivity index (χ4v) is 9.26. The van der Waals surface area contributed by atoms with Crippen molar-refractivity contribution in [3.63, 3.8) is 0 Å². The lowest BCUT2D eigenvalue weighted by Gasteiger charge is -2.11. The van der Waals surface area contributed by atoms with Gasteiger partial charge < -0.3 is 9.13 Å². The third-order valence-corrected chi connectivity index (χ3v) is 11.6. The van der Waals surface area contributed by atoms with Crippen molar-refractivity contribution in [3.05, 3.63) is 182 Å². The average molecular weight is 667 g/mol. The molecule has 3 aromatic heterocycles. The van der Waals surface area contributed by atoms with E-state index in [1.807, 2.05) is 11.3 Å². The van der Waals surface area contributed by atoms with Crippen molar-refractivity contribution in [2.75, 3.05) is 0 Å². The Bertz CT molecular complexity index is 3110. The van der Waals surface area contributed by atoms with E-state index >= 15 is 0 Å². The Labute approximate surface area is 298 Å². The molecule has 238 valence electrons. The van der Waals surface area contributed by atoms with Crippen molar-refractivity contribution in [1.29, 1.82) is 0 Å². The normalized spacial score (nSPS) is 11.9. The lowest BCUT2D eigenvalue weighted by Crippen LogP contribution is -1.95. The monoisotopic (exact) mass is 666 g/mol. The number of aromatic nitrogens is 2. The topological polar surface area (TPSA) is 9.86 Å². The summed E-state index contributed by atoms with van der Waals surface area (Å²) < 4.78 is 7.52. The third kappa shape index (κ3) is 4.35. The number of benzene rings is 8. The predicted octanol–water partition coefficient (Wildman–Crippen LogP) is 13.6. The fourth-order valence-electron chi connectivity index (χ4n) is 8.14. The number of hydrogen-bond donors (Lipinski definition) is 0. The molecular weight excluding hydrogens is 637 g/mol. The first-order chi connectivity index (χ1) is 25.3. The first kappa shape index (κ1) is 28.4. The Balaban J connectivity index is 1.22. The van der Waals surface area contributed by atoms with Crippen molar-refractivity contribution in [3.8, 4) is 33.6 Å². The highest BCUT2D eigenvalue weighted by Crippen LogP contribution is 2.43. The van der Waals surface area contributed by atoms with Gasteiger partial charge in [0.15, 0.2) is 0 Å². The number of para-hydroxylation sites is 1. The Kier molecular flexibility index (Phi) is 6.16. The number of thiophene rings is 1. The minimum absolute atomic E-state index is 1.16. The molecule has 8 aromatic carbocycles. The lowest BCUT2D eigenvalue weighted by molar-refractivity contribution is 1.17. The SMILES string of the molecule is c1ccc(-c2ccc3c(c2)c2cc(-n4c5ccc(-c6ccccc6)cc5c5cc6c(cc54)sc4ccccc46)ccc2n3-c2ccccc2)cc1. The highest BCUT2D eigenvalue weighted by atomic mass is 32.1. The number of rotatable bonds is 4. The van der Waals surface area contributed by atoms with E-state index in [1.165, 1.54) is 86.0 Å². The molecule has 11 rings (SSSR count). The van der Waals surface area contributed by atoms with Gasteiger partial charge in [-0.15, -0.1) is 11.3 Å². The van der Waals surface area contributed by atoms with E-state index < -0.39 is 0 Å². The molecule has 0 saturated carbocycles. The molecule has 0 atom stereocenters. The van der Waals surface area contributed by atoms with Crippen molar-refractivity contribution in [2.45, 2.75) is 0 Å². The van der Waals surface area contributed by atoms with Crippen molar-refractivity contribution >= 4 is 75.1 Å². The quantitative estimate of drug-likeness (QED) is 0.177. The summed E-state index contributed by atoms with van der Waals surface area (Å²) in [6.45, 7) is 0. The van der Waals surface area contributed by atoms with Crippen LogP contribution in [0, 0.1) is 0 Å². The van der Waals surface area contributed by atoms with Crippen molar-refractivity contribution in [1.82, 2.24) is 9.13 Å². The summed E-state index contributed by atoms with van der Waals surface area (Å²) >= 11 is 1.88. The van der Waals surface area contributed by atoms with E-state index in [9.17, 15) is 0 Å². The molecule has 51 heavy (non-hydrogen) atoms. The summed E-state index contributed by atoms with van der Waals surface area (Å²) in [5, 5.41) is 7.67. The summed E-state index contributed by atoms with van der Waals surface area (Å²) in [6, 6.07) is 66.7. The lowest BCUT2D eigenvalue weighted by atomic mass is 10.0. The largest absolute Gasteiger partial charge is 0.309 e. The van der Waals surface area contributed by atoms with Gasteiger partial charge in [-0.25, -0.2) is 0 Å². The van der Waals surface area contributed by atoms with Crippen LogP contribution in [0.4, 0.5) is 0 Å². The zero-order valence-electron chi connectivity index (χ0n) is 27.6. The van der Waals surface area contributed by atoms with E-state index in [0.29, 0.717) is 0 Å². The molecule has 0 fully saturated rings. The van der Waals surface area contributed by atoms with E-state index in [0.717, 1.165) is 11.4 Å². The van der Waals surface area contributed by atoms with Gasteiger partial charge in [0.05, 0.1) is 22.1 Å². The molecule has 0 radical (unpaired) electrons. The Morgan fingerprint density at radius 1 is 0.275 bits per heavy atom. The van der Waals surface area contributed by atoms with E-state index in [2.05, 4.69) is 191 Å². The second kappa shape index (κ2) is 11.0. The maximum absolute atomic E-state index is 2.48. The van der Waals surface area contributed by atoms with Gasteiger partial charge in [-0.1, -0.05) is 109 Å². The molecule has 0 N–H and O–H groups in total. The Morgan fingerprint density at radius 3 is 1.43 bits per heavy atom. The van der Waals surface area contributed by atoms with E-state index in [-0.39, 0.29) is 0 Å². The summed E-state index contributed by atoms with van der Waals surface area (Å²) in [4.78, 5) is 0. The number of nitrogens with zero attached hydrogens (tertiary/aromatic N) is 2. The molecule has 3 heteroatoms. The third-order valence-electron chi connectivity index (χ3n) is 10.5. The van der Waals surface area contributed by atoms with Crippen molar-refractivity contribution < 1.29 is 0 Å². The predicted molar refractivity (Wildman–Crippen MR) is 219 cm³/mol. The minimum Gasteiger partial charge on any atom is -0.309 e. The number of fused-ring (bicyclic) bond motifs is 9. The standard InChI is InChI=1S/C48H30N2S/c1-4-12-31(13-5-1)33-20-23-43-38(26-33)40-28-36(22-25-45(40)49(43)35-16-8-3-9-17-35)50-44-24-21-34(32-14-6-2-7-15-32)27-39(44)41-29-42-37-18-10-11-19-47(37)51-48(42)30-46(41)50/h1-30H. The number of hydrogen-bond acceptors (Lipinski definition) is 1. The zero-order valence-corrected chi connectivity index (χ0v) is 28.4. The van der Waals surface area contributed by atoms with Crippen LogP contribution in [0.2, 0.25) is 0 Å². The highest BCUT2D eigenvalue weighted by molar-refractivity contribution is 7.25. The zero-order chi connectivity index (χ0) is 33.5. The van der Waals surface area contributed by atoms with Gasteiger partial charge in [-0.2, -0.15) is 0 Å². The molecular formula is C48H30N2S. The fraction of sp³-hybridized carbons (Fsp3) is 0. The van der Waals surface area contributed by atoms with Crippen LogP contribution in [0.1, 0.15) is 0 Å². The molecule has 0 aliphatic rings. The second-order valence-corrected chi connectivity index (χ2v) is 14.5. The van der Waals surface area contributed by atoms with Crippen LogP contribution in [0.15, 0.2) is 182 Å². The van der Waals surface area contributed by atoms with E-state index in [1.54, 1.807) is 0 Å². The van der Waals surface area contributed by atoms with Crippen LogP contribution in [-0.2, 0) is 0 Å². The van der Waals surface area contributed by atoms with Crippen LogP contribution in [0.3, 0.4) is 0 Å². The molecule has 2 nitrogen and oxygen atoms in total.